The number of benzene rings is 1. The van der Waals surface area contributed by atoms with Gasteiger partial charge in [-0.05, 0) is 29.7 Å². The van der Waals surface area contributed by atoms with Crippen molar-refractivity contribution in [2.24, 2.45) is 5.92 Å². The number of nitrogens with zero attached hydrogens (tertiary/aromatic N) is 3. The van der Waals surface area contributed by atoms with Gasteiger partial charge in [0.2, 0.25) is 5.91 Å². The Morgan fingerprint density at radius 2 is 1.96 bits per heavy atom. The molecule has 5 nitrogen and oxygen atoms in total. The molecule has 0 bridgehead atoms. The van der Waals surface area contributed by atoms with Crippen LogP contribution in [0.25, 0.3) is 0 Å². The van der Waals surface area contributed by atoms with Gasteiger partial charge < -0.3 is 9.64 Å². The van der Waals surface area contributed by atoms with Gasteiger partial charge in [0.05, 0.1) is 19.6 Å². The van der Waals surface area contributed by atoms with Crippen molar-refractivity contribution in [1.29, 1.82) is 0 Å². The highest BCUT2D eigenvalue weighted by Gasteiger charge is 2.23. The molecule has 1 amide bonds. The molecule has 0 spiro atoms. The lowest BCUT2D eigenvalue weighted by Gasteiger charge is -2.23. The van der Waals surface area contributed by atoms with E-state index in [1.54, 1.807) is 24.5 Å². The van der Waals surface area contributed by atoms with Gasteiger partial charge in [0.1, 0.15) is 12.1 Å². The number of ether oxygens (including phenoxy) is 1. The first-order valence-corrected chi connectivity index (χ1v) is 8.04. The number of carbonyl (C=O) groups is 1. The number of halogens is 1. The van der Waals surface area contributed by atoms with Crippen LogP contribution in [-0.2, 0) is 22.4 Å². The van der Waals surface area contributed by atoms with E-state index in [9.17, 15) is 9.18 Å². The molecule has 1 aromatic heterocycles. The van der Waals surface area contributed by atoms with Crippen LogP contribution in [0.5, 0.6) is 0 Å². The molecule has 2 aromatic rings. The molecule has 1 aliphatic rings. The lowest BCUT2D eigenvalue weighted by molar-refractivity contribution is -0.130. The highest BCUT2D eigenvalue weighted by molar-refractivity contribution is 5.78. The van der Waals surface area contributed by atoms with Crippen molar-refractivity contribution in [2.75, 3.05) is 26.3 Å². The van der Waals surface area contributed by atoms with E-state index < -0.39 is 0 Å². The predicted molar refractivity (Wildman–Crippen MR) is 86.7 cm³/mol. The van der Waals surface area contributed by atoms with Crippen molar-refractivity contribution in [3.8, 4) is 0 Å². The lowest BCUT2D eigenvalue weighted by Crippen LogP contribution is -2.37. The zero-order valence-electron chi connectivity index (χ0n) is 13.4. The molecular formula is C18H20FN3O2. The van der Waals surface area contributed by atoms with Crippen molar-refractivity contribution in [2.45, 2.75) is 12.8 Å². The summed E-state index contributed by atoms with van der Waals surface area (Å²) in [7, 11) is 0. The Morgan fingerprint density at radius 1 is 1.21 bits per heavy atom. The third kappa shape index (κ3) is 4.58. The van der Waals surface area contributed by atoms with E-state index in [4.69, 9.17) is 4.74 Å². The van der Waals surface area contributed by atoms with E-state index in [2.05, 4.69) is 9.97 Å². The highest BCUT2D eigenvalue weighted by Crippen LogP contribution is 2.14. The Balaban J connectivity index is 1.61. The summed E-state index contributed by atoms with van der Waals surface area (Å²) in [6.07, 6.45) is 6.15. The number of amides is 1. The van der Waals surface area contributed by atoms with Gasteiger partial charge in [0.15, 0.2) is 0 Å². The van der Waals surface area contributed by atoms with E-state index in [1.165, 1.54) is 18.5 Å². The van der Waals surface area contributed by atoms with Crippen LogP contribution in [0.15, 0.2) is 43.0 Å². The van der Waals surface area contributed by atoms with E-state index in [0.29, 0.717) is 26.3 Å². The molecule has 24 heavy (non-hydrogen) atoms. The van der Waals surface area contributed by atoms with Gasteiger partial charge >= 0.3 is 0 Å². The Hall–Kier alpha value is -2.34. The Kier molecular flexibility index (Phi) is 5.48. The summed E-state index contributed by atoms with van der Waals surface area (Å²) >= 11 is 0. The maximum atomic E-state index is 13.0. The molecule has 0 unspecified atom stereocenters. The Morgan fingerprint density at radius 3 is 2.71 bits per heavy atom. The Bertz CT molecular complexity index is 664. The minimum absolute atomic E-state index is 0.0430. The fraction of sp³-hybridized carbons (Fsp3) is 0.389. The SMILES string of the molecule is O=C(Cc1ccc(F)cc1)N1CCOC[C@@H](Cc2cncnc2)C1. The minimum atomic E-state index is -0.292. The number of aromatic nitrogens is 2. The normalized spacial score (nSPS) is 18.2. The zero-order valence-corrected chi connectivity index (χ0v) is 13.4. The molecule has 1 aromatic carbocycles. The summed E-state index contributed by atoms with van der Waals surface area (Å²) in [4.78, 5) is 22.4. The standard InChI is InChI=1S/C18H20FN3O2/c19-17-3-1-14(2-4-17)8-18(23)22-5-6-24-12-16(11-22)7-15-9-20-13-21-10-15/h1-4,9-10,13,16H,5-8,11-12H2/t16-/m0/s1. The van der Waals surface area contributed by atoms with Gasteiger partial charge in [-0.3, -0.25) is 4.79 Å². The highest BCUT2D eigenvalue weighted by atomic mass is 19.1. The van der Waals surface area contributed by atoms with E-state index in [1.807, 2.05) is 4.90 Å². The first kappa shape index (κ1) is 16.5. The van der Waals surface area contributed by atoms with Crippen molar-refractivity contribution in [3.63, 3.8) is 0 Å². The smallest absolute Gasteiger partial charge is 0.227 e. The van der Waals surface area contributed by atoms with Crippen molar-refractivity contribution < 1.29 is 13.9 Å². The summed E-state index contributed by atoms with van der Waals surface area (Å²) in [5.41, 5.74) is 1.86. The van der Waals surface area contributed by atoms with Gasteiger partial charge in [-0.25, -0.2) is 14.4 Å². The largest absolute Gasteiger partial charge is 0.379 e. The number of hydrogen-bond acceptors (Lipinski definition) is 4. The van der Waals surface area contributed by atoms with Gasteiger partial charge in [-0.15, -0.1) is 0 Å². The topological polar surface area (TPSA) is 55.3 Å². The first-order valence-electron chi connectivity index (χ1n) is 8.04. The molecule has 0 saturated carbocycles. The van der Waals surface area contributed by atoms with Crippen LogP contribution in [0.1, 0.15) is 11.1 Å². The fourth-order valence-corrected chi connectivity index (χ4v) is 2.89. The summed E-state index contributed by atoms with van der Waals surface area (Å²) in [5.74, 6) is -0.0309. The molecule has 1 atom stereocenters. The molecule has 1 fully saturated rings. The van der Waals surface area contributed by atoms with Gasteiger partial charge in [-0.2, -0.15) is 0 Å². The van der Waals surface area contributed by atoms with Crippen LogP contribution in [0, 0.1) is 11.7 Å². The lowest BCUT2D eigenvalue weighted by atomic mass is 10.0. The van der Waals surface area contributed by atoms with Crippen LogP contribution < -0.4 is 0 Å². The fourth-order valence-electron chi connectivity index (χ4n) is 2.89. The van der Waals surface area contributed by atoms with Crippen molar-refractivity contribution in [3.05, 3.63) is 59.9 Å². The average molecular weight is 329 g/mol. The second kappa shape index (κ2) is 7.97. The molecule has 1 saturated heterocycles. The van der Waals surface area contributed by atoms with Gasteiger partial charge in [0.25, 0.3) is 0 Å². The van der Waals surface area contributed by atoms with E-state index >= 15 is 0 Å². The van der Waals surface area contributed by atoms with Gasteiger partial charge in [-0.1, -0.05) is 12.1 Å². The molecule has 0 N–H and O–H groups in total. The first-order chi connectivity index (χ1) is 11.7. The maximum absolute atomic E-state index is 13.0. The molecule has 1 aliphatic heterocycles. The van der Waals surface area contributed by atoms with E-state index in [0.717, 1.165) is 17.5 Å². The Labute approximate surface area is 140 Å². The number of hydrogen-bond donors (Lipinski definition) is 0. The second-order valence-corrected chi connectivity index (χ2v) is 6.03. The van der Waals surface area contributed by atoms with Gasteiger partial charge in [0, 0.05) is 31.4 Å². The van der Waals surface area contributed by atoms with Crippen LogP contribution in [0.2, 0.25) is 0 Å². The van der Waals surface area contributed by atoms with E-state index in [-0.39, 0.29) is 24.1 Å². The number of rotatable bonds is 4. The molecule has 3 rings (SSSR count). The molecule has 126 valence electrons. The predicted octanol–water partition coefficient (Wildman–Crippen LogP) is 1.88. The third-order valence-corrected chi connectivity index (χ3v) is 4.10. The summed E-state index contributed by atoms with van der Waals surface area (Å²) in [6, 6.07) is 6.07. The molecule has 6 heteroatoms. The van der Waals surface area contributed by atoms with Crippen LogP contribution >= 0.6 is 0 Å². The van der Waals surface area contributed by atoms with Crippen LogP contribution in [-0.4, -0.2) is 47.1 Å². The molecular weight excluding hydrogens is 309 g/mol. The zero-order chi connectivity index (χ0) is 16.8. The molecule has 0 radical (unpaired) electrons. The molecule has 0 aliphatic carbocycles. The summed E-state index contributed by atoms with van der Waals surface area (Å²) in [5, 5.41) is 0. The van der Waals surface area contributed by atoms with Crippen LogP contribution in [0.4, 0.5) is 4.39 Å². The summed E-state index contributed by atoms with van der Waals surface area (Å²) < 4.78 is 18.6. The monoisotopic (exact) mass is 329 g/mol. The van der Waals surface area contributed by atoms with Crippen molar-refractivity contribution in [1.82, 2.24) is 14.9 Å². The summed E-state index contributed by atoms with van der Waals surface area (Å²) in [6.45, 7) is 2.39. The average Bonchev–Trinajstić information content (AvgIpc) is 2.83. The van der Waals surface area contributed by atoms with Crippen LogP contribution in [0.3, 0.4) is 0 Å². The number of carbonyl (C=O) groups excluding carboxylic acids is 1. The quantitative estimate of drug-likeness (QED) is 0.859. The van der Waals surface area contributed by atoms with Crippen molar-refractivity contribution >= 4 is 5.91 Å². The maximum Gasteiger partial charge on any atom is 0.227 e. The second-order valence-electron chi connectivity index (χ2n) is 6.03. The molecule has 2 heterocycles. The third-order valence-electron chi connectivity index (χ3n) is 4.10. The minimum Gasteiger partial charge on any atom is -0.379 e.